The predicted octanol–water partition coefficient (Wildman–Crippen LogP) is 1.55. The molecule has 0 radical (unpaired) electrons. The molecule has 102 valence electrons. The van der Waals surface area contributed by atoms with Crippen LogP contribution in [0.2, 0.25) is 0 Å². The highest BCUT2D eigenvalue weighted by molar-refractivity contribution is 7.99. The second kappa shape index (κ2) is 8.78. The van der Waals surface area contributed by atoms with Crippen molar-refractivity contribution in [3.05, 3.63) is 0 Å². The number of aliphatic hydroxyl groups is 1. The molecule has 0 aliphatic heterocycles. The van der Waals surface area contributed by atoms with Crippen LogP contribution in [0.25, 0.3) is 0 Å². The van der Waals surface area contributed by atoms with Crippen LogP contribution < -0.4 is 5.73 Å². The van der Waals surface area contributed by atoms with Crippen LogP contribution in [-0.4, -0.2) is 40.8 Å². The number of thioether (sulfide) groups is 1. The van der Waals surface area contributed by atoms with Crippen LogP contribution >= 0.6 is 11.8 Å². The fourth-order valence-corrected chi connectivity index (χ4v) is 2.21. The molecule has 3 N–H and O–H groups in total. The van der Waals surface area contributed by atoms with Crippen LogP contribution in [-0.2, 0) is 9.53 Å². The fourth-order valence-electron chi connectivity index (χ4n) is 1.33. The zero-order valence-corrected chi connectivity index (χ0v) is 11.9. The summed E-state index contributed by atoms with van der Waals surface area (Å²) in [6, 6.07) is 0. The average molecular weight is 263 g/mol. The molecule has 2 unspecified atom stereocenters. The summed E-state index contributed by atoms with van der Waals surface area (Å²) in [6.45, 7) is 6.07. The van der Waals surface area contributed by atoms with E-state index in [1.54, 1.807) is 25.6 Å². The van der Waals surface area contributed by atoms with Crippen LogP contribution in [0.3, 0.4) is 0 Å². The van der Waals surface area contributed by atoms with Gasteiger partial charge in [-0.15, -0.1) is 0 Å². The van der Waals surface area contributed by atoms with Gasteiger partial charge in [0.05, 0.1) is 13.2 Å². The van der Waals surface area contributed by atoms with Crippen molar-refractivity contribution in [1.82, 2.24) is 0 Å². The minimum Gasteiger partial charge on any atom is -0.465 e. The van der Waals surface area contributed by atoms with Crippen molar-refractivity contribution in [2.75, 3.05) is 19.0 Å². The van der Waals surface area contributed by atoms with Crippen molar-refractivity contribution in [2.24, 2.45) is 5.73 Å². The van der Waals surface area contributed by atoms with Gasteiger partial charge in [0.1, 0.15) is 5.54 Å². The summed E-state index contributed by atoms with van der Waals surface area (Å²) in [4.78, 5) is 11.5. The highest BCUT2D eigenvalue weighted by Gasteiger charge is 2.28. The molecule has 0 spiro atoms. The SMILES string of the molecule is CCOC(=O)C(C)(N)CCCCSC(C)CO. The molecule has 0 aromatic heterocycles. The Labute approximate surface area is 108 Å². The Balaban J connectivity index is 3.69. The average Bonchev–Trinajstić information content (AvgIpc) is 2.28. The molecule has 0 aliphatic carbocycles. The third-order valence-electron chi connectivity index (χ3n) is 2.49. The molecule has 0 rings (SSSR count). The molecule has 17 heavy (non-hydrogen) atoms. The molecule has 0 bridgehead atoms. The zero-order chi connectivity index (χ0) is 13.3. The van der Waals surface area contributed by atoms with E-state index in [9.17, 15) is 4.79 Å². The second-order valence-electron chi connectivity index (χ2n) is 4.46. The Morgan fingerprint density at radius 1 is 1.53 bits per heavy atom. The summed E-state index contributed by atoms with van der Waals surface area (Å²) >= 11 is 1.74. The zero-order valence-electron chi connectivity index (χ0n) is 11.1. The molecule has 4 nitrogen and oxygen atoms in total. The number of aliphatic hydroxyl groups excluding tert-OH is 1. The third-order valence-corrected chi connectivity index (χ3v) is 3.73. The number of rotatable bonds is 9. The van der Waals surface area contributed by atoms with Gasteiger partial charge in [-0.25, -0.2) is 0 Å². The molecule has 0 heterocycles. The van der Waals surface area contributed by atoms with Gasteiger partial charge in [0, 0.05) is 5.25 Å². The van der Waals surface area contributed by atoms with Crippen LogP contribution in [0, 0.1) is 0 Å². The lowest BCUT2D eigenvalue weighted by Crippen LogP contribution is -2.46. The standard InChI is InChI=1S/C12H25NO3S/c1-4-16-11(15)12(3,13)7-5-6-8-17-10(2)9-14/h10,14H,4-9,13H2,1-3H3. The van der Waals surface area contributed by atoms with Gasteiger partial charge in [-0.1, -0.05) is 13.3 Å². The van der Waals surface area contributed by atoms with Gasteiger partial charge in [0.25, 0.3) is 0 Å². The quantitative estimate of drug-likeness (QED) is 0.488. The number of nitrogens with two attached hydrogens (primary N) is 1. The van der Waals surface area contributed by atoms with Gasteiger partial charge in [0.15, 0.2) is 0 Å². The van der Waals surface area contributed by atoms with E-state index < -0.39 is 5.54 Å². The van der Waals surface area contributed by atoms with E-state index in [4.69, 9.17) is 15.6 Å². The number of hydrogen-bond acceptors (Lipinski definition) is 5. The van der Waals surface area contributed by atoms with Gasteiger partial charge in [-0.2, -0.15) is 11.8 Å². The normalized spacial score (nSPS) is 16.3. The van der Waals surface area contributed by atoms with E-state index in [2.05, 4.69) is 0 Å². The number of hydrogen-bond donors (Lipinski definition) is 2. The molecule has 0 aliphatic rings. The Morgan fingerprint density at radius 3 is 2.71 bits per heavy atom. The molecule has 0 aromatic rings. The van der Waals surface area contributed by atoms with E-state index in [1.165, 1.54) is 0 Å². The molecule has 2 atom stereocenters. The van der Waals surface area contributed by atoms with Crippen molar-refractivity contribution in [1.29, 1.82) is 0 Å². The number of unbranched alkanes of at least 4 members (excludes halogenated alkanes) is 1. The molecule has 0 aromatic carbocycles. The highest BCUT2D eigenvalue weighted by Crippen LogP contribution is 2.16. The largest absolute Gasteiger partial charge is 0.465 e. The minimum atomic E-state index is -0.872. The first kappa shape index (κ1) is 16.7. The molecule has 5 heteroatoms. The van der Waals surface area contributed by atoms with Crippen molar-refractivity contribution in [3.63, 3.8) is 0 Å². The molecule has 0 fully saturated rings. The Bertz CT molecular complexity index is 222. The molecular weight excluding hydrogens is 238 g/mol. The maximum Gasteiger partial charge on any atom is 0.325 e. The first-order valence-corrected chi connectivity index (χ1v) is 7.17. The summed E-state index contributed by atoms with van der Waals surface area (Å²) in [6.07, 6.45) is 2.54. The number of esters is 1. The summed E-state index contributed by atoms with van der Waals surface area (Å²) in [5.41, 5.74) is 5.02. The van der Waals surface area contributed by atoms with E-state index in [0.29, 0.717) is 13.0 Å². The summed E-state index contributed by atoms with van der Waals surface area (Å²) in [7, 11) is 0. The number of carbonyl (C=O) groups excluding carboxylic acids is 1. The molecule has 0 amide bonds. The maximum atomic E-state index is 11.5. The third kappa shape index (κ3) is 7.63. The lowest BCUT2D eigenvalue weighted by Gasteiger charge is -2.22. The first-order chi connectivity index (χ1) is 7.94. The molecule has 0 saturated heterocycles. The van der Waals surface area contributed by atoms with Gasteiger partial charge in [-0.3, -0.25) is 4.79 Å². The topological polar surface area (TPSA) is 72.5 Å². The van der Waals surface area contributed by atoms with Gasteiger partial charge in [0.2, 0.25) is 0 Å². The molecule has 0 saturated carbocycles. The van der Waals surface area contributed by atoms with E-state index in [1.807, 2.05) is 6.92 Å². The first-order valence-electron chi connectivity index (χ1n) is 6.12. The lowest BCUT2D eigenvalue weighted by molar-refractivity contribution is -0.149. The maximum absolute atomic E-state index is 11.5. The summed E-state index contributed by atoms with van der Waals surface area (Å²) in [5, 5.41) is 9.13. The lowest BCUT2D eigenvalue weighted by atomic mass is 9.96. The van der Waals surface area contributed by atoms with Crippen molar-refractivity contribution >= 4 is 17.7 Å². The highest BCUT2D eigenvalue weighted by atomic mass is 32.2. The van der Waals surface area contributed by atoms with Gasteiger partial charge < -0.3 is 15.6 Å². The van der Waals surface area contributed by atoms with Crippen molar-refractivity contribution in [3.8, 4) is 0 Å². The summed E-state index contributed by atoms with van der Waals surface area (Å²) < 4.78 is 4.92. The van der Waals surface area contributed by atoms with Crippen LogP contribution in [0.1, 0.15) is 40.0 Å². The number of carbonyl (C=O) groups is 1. The van der Waals surface area contributed by atoms with Crippen molar-refractivity contribution < 1.29 is 14.6 Å². The van der Waals surface area contributed by atoms with Crippen LogP contribution in [0.15, 0.2) is 0 Å². The Morgan fingerprint density at radius 2 is 2.18 bits per heavy atom. The van der Waals surface area contributed by atoms with Crippen LogP contribution in [0.4, 0.5) is 0 Å². The van der Waals surface area contributed by atoms with E-state index >= 15 is 0 Å². The van der Waals surface area contributed by atoms with Gasteiger partial charge in [-0.05, 0) is 32.4 Å². The monoisotopic (exact) mass is 263 g/mol. The summed E-state index contributed by atoms with van der Waals surface area (Å²) in [5.74, 6) is 0.664. The van der Waals surface area contributed by atoms with Crippen molar-refractivity contribution in [2.45, 2.75) is 50.8 Å². The van der Waals surface area contributed by atoms with Crippen LogP contribution in [0.5, 0.6) is 0 Å². The molecular formula is C12H25NO3S. The Kier molecular flexibility index (Phi) is 8.64. The van der Waals surface area contributed by atoms with E-state index in [-0.39, 0.29) is 17.8 Å². The second-order valence-corrected chi connectivity index (χ2v) is 6.01. The number of ether oxygens (including phenoxy) is 1. The smallest absolute Gasteiger partial charge is 0.325 e. The Hall–Kier alpha value is -0.260. The minimum absolute atomic E-state index is 0.210. The predicted molar refractivity (Wildman–Crippen MR) is 72.1 cm³/mol. The van der Waals surface area contributed by atoms with E-state index in [0.717, 1.165) is 18.6 Å². The fraction of sp³-hybridized carbons (Fsp3) is 0.917. The van der Waals surface area contributed by atoms with Gasteiger partial charge >= 0.3 is 5.97 Å².